The van der Waals surface area contributed by atoms with E-state index in [-0.39, 0.29) is 18.1 Å². The molecule has 1 saturated heterocycles. The average Bonchev–Trinajstić information content (AvgIpc) is 3.26. The van der Waals surface area contributed by atoms with Crippen LogP contribution in [0, 0.1) is 0 Å². The molecule has 2 amide bonds. The highest BCUT2D eigenvalue weighted by Crippen LogP contribution is 2.26. The maximum atomic E-state index is 12.7. The Bertz CT molecular complexity index is 650. The van der Waals surface area contributed by atoms with Gasteiger partial charge in [-0.2, -0.15) is 0 Å². The van der Waals surface area contributed by atoms with Crippen LogP contribution in [0.25, 0.3) is 0 Å². The van der Waals surface area contributed by atoms with Crippen molar-refractivity contribution in [1.29, 1.82) is 0 Å². The van der Waals surface area contributed by atoms with Crippen LogP contribution in [0.2, 0.25) is 0 Å². The van der Waals surface area contributed by atoms with Gasteiger partial charge in [-0.25, -0.2) is 4.79 Å². The summed E-state index contributed by atoms with van der Waals surface area (Å²) in [5.41, 5.74) is 0. The Morgan fingerprint density at radius 3 is 2.96 bits per heavy atom. The summed E-state index contributed by atoms with van der Waals surface area (Å²) in [6.07, 6.45) is 3.14. The average molecular weight is 332 g/mol. The van der Waals surface area contributed by atoms with E-state index in [2.05, 4.69) is 5.32 Å². The highest BCUT2D eigenvalue weighted by Gasteiger charge is 2.31. The van der Waals surface area contributed by atoms with Gasteiger partial charge in [0.2, 0.25) is 0 Å². The molecule has 2 aromatic rings. The van der Waals surface area contributed by atoms with Crippen LogP contribution in [-0.2, 0) is 17.6 Å². The molecule has 3 rings (SSSR count). The van der Waals surface area contributed by atoms with Crippen molar-refractivity contribution >= 4 is 6.03 Å². The molecule has 1 aliphatic rings. The number of nitrogens with one attached hydrogen (secondary N) is 1. The summed E-state index contributed by atoms with van der Waals surface area (Å²) in [7, 11) is 0. The fraction of sp³-hybridized carbons (Fsp3) is 0.500. The van der Waals surface area contributed by atoms with E-state index < -0.39 is 0 Å². The lowest BCUT2D eigenvalue weighted by molar-refractivity contribution is 0.00349. The molecule has 130 valence electrons. The molecular formula is C18H24N2O4. The molecule has 0 radical (unpaired) electrons. The number of hydrogen-bond donors (Lipinski definition) is 1. The number of morpholine rings is 1. The van der Waals surface area contributed by atoms with Gasteiger partial charge in [0.25, 0.3) is 0 Å². The fourth-order valence-electron chi connectivity index (χ4n) is 2.92. The van der Waals surface area contributed by atoms with E-state index in [9.17, 15) is 4.79 Å². The summed E-state index contributed by atoms with van der Waals surface area (Å²) < 4.78 is 16.7. The topological polar surface area (TPSA) is 67.8 Å². The SMILES string of the molecule is CCc1ccc([C@@H]2COCCN2C(=O)N[C@H](C)Cc2ccco2)o1. The zero-order valence-electron chi connectivity index (χ0n) is 14.2. The van der Waals surface area contributed by atoms with Crippen molar-refractivity contribution in [1.82, 2.24) is 10.2 Å². The quantitative estimate of drug-likeness (QED) is 0.913. The number of carbonyl (C=O) groups excluding carboxylic acids is 1. The first-order chi connectivity index (χ1) is 11.7. The number of urea groups is 1. The maximum Gasteiger partial charge on any atom is 0.318 e. The van der Waals surface area contributed by atoms with E-state index in [4.69, 9.17) is 13.6 Å². The van der Waals surface area contributed by atoms with E-state index in [0.29, 0.717) is 26.2 Å². The van der Waals surface area contributed by atoms with Crippen LogP contribution in [-0.4, -0.2) is 36.7 Å². The number of carbonyl (C=O) groups is 1. The second-order valence-corrected chi connectivity index (χ2v) is 6.08. The van der Waals surface area contributed by atoms with Crippen LogP contribution < -0.4 is 5.32 Å². The van der Waals surface area contributed by atoms with E-state index in [1.165, 1.54) is 0 Å². The van der Waals surface area contributed by atoms with Crippen molar-refractivity contribution in [2.24, 2.45) is 0 Å². The normalized spacial score (nSPS) is 19.2. The Labute approximate surface area is 141 Å². The predicted octanol–water partition coefficient (Wildman–Crippen LogP) is 3.15. The molecule has 24 heavy (non-hydrogen) atoms. The summed E-state index contributed by atoms with van der Waals surface area (Å²) in [6.45, 7) is 5.55. The van der Waals surface area contributed by atoms with Gasteiger partial charge in [-0.3, -0.25) is 0 Å². The second-order valence-electron chi connectivity index (χ2n) is 6.08. The molecule has 0 unspecified atom stereocenters. The lowest BCUT2D eigenvalue weighted by atomic mass is 10.1. The predicted molar refractivity (Wildman–Crippen MR) is 88.8 cm³/mol. The Morgan fingerprint density at radius 1 is 1.38 bits per heavy atom. The number of rotatable bonds is 5. The molecule has 0 saturated carbocycles. The number of furan rings is 2. The van der Waals surface area contributed by atoms with E-state index in [1.807, 2.05) is 38.1 Å². The van der Waals surface area contributed by atoms with Gasteiger partial charge >= 0.3 is 6.03 Å². The third kappa shape index (κ3) is 3.82. The molecule has 1 N–H and O–H groups in total. The summed E-state index contributed by atoms with van der Waals surface area (Å²) in [6, 6.07) is 7.35. The second kappa shape index (κ2) is 7.57. The first-order valence-electron chi connectivity index (χ1n) is 8.43. The smallest absolute Gasteiger partial charge is 0.318 e. The first kappa shape index (κ1) is 16.6. The summed E-state index contributed by atoms with van der Waals surface area (Å²) in [5, 5.41) is 3.04. The molecule has 0 aliphatic carbocycles. The van der Waals surface area contributed by atoms with Gasteiger partial charge in [-0.05, 0) is 31.2 Å². The number of aryl methyl sites for hydroxylation is 1. The molecular weight excluding hydrogens is 308 g/mol. The van der Waals surface area contributed by atoms with Crippen LogP contribution in [0.15, 0.2) is 39.4 Å². The van der Waals surface area contributed by atoms with Crippen molar-refractivity contribution in [3.05, 3.63) is 47.8 Å². The Balaban J connectivity index is 1.64. The zero-order valence-corrected chi connectivity index (χ0v) is 14.2. The van der Waals surface area contributed by atoms with E-state index >= 15 is 0 Å². The number of nitrogens with zero attached hydrogens (tertiary/aromatic N) is 1. The van der Waals surface area contributed by atoms with Gasteiger partial charge in [0.1, 0.15) is 23.3 Å². The van der Waals surface area contributed by atoms with Gasteiger partial charge < -0.3 is 23.8 Å². The molecule has 0 aromatic carbocycles. The molecule has 6 heteroatoms. The molecule has 2 aromatic heterocycles. The Morgan fingerprint density at radius 2 is 2.25 bits per heavy atom. The van der Waals surface area contributed by atoms with Crippen LogP contribution >= 0.6 is 0 Å². The van der Waals surface area contributed by atoms with Gasteiger partial charge in [0, 0.05) is 25.4 Å². The molecule has 3 heterocycles. The van der Waals surface area contributed by atoms with Crippen LogP contribution in [0.1, 0.15) is 37.2 Å². The molecule has 2 atom stereocenters. The third-order valence-corrected chi connectivity index (χ3v) is 4.21. The van der Waals surface area contributed by atoms with Crippen molar-refractivity contribution < 1.29 is 18.4 Å². The minimum absolute atomic E-state index is 0.0186. The minimum atomic E-state index is -0.185. The summed E-state index contributed by atoms with van der Waals surface area (Å²) in [4.78, 5) is 14.5. The molecule has 1 aliphatic heterocycles. The minimum Gasteiger partial charge on any atom is -0.469 e. The van der Waals surface area contributed by atoms with Crippen molar-refractivity contribution in [3.8, 4) is 0 Å². The standard InChI is InChI=1S/C18H24N2O4/c1-3-14-6-7-17(24-14)16-12-22-10-8-20(16)18(21)19-13(2)11-15-5-4-9-23-15/h4-7,9,13,16H,3,8,10-12H2,1-2H3,(H,19,21)/t13-,16+/m1/s1. The molecule has 6 nitrogen and oxygen atoms in total. The zero-order chi connectivity index (χ0) is 16.9. The van der Waals surface area contributed by atoms with Crippen molar-refractivity contribution in [2.75, 3.05) is 19.8 Å². The third-order valence-electron chi connectivity index (χ3n) is 4.21. The number of ether oxygens (including phenoxy) is 1. The van der Waals surface area contributed by atoms with Gasteiger partial charge in [-0.15, -0.1) is 0 Å². The number of amides is 2. The van der Waals surface area contributed by atoms with E-state index in [1.54, 1.807) is 11.2 Å². The van der Waals surface area contributed by atoms with Gasteiger partial charge in [0.15, 0.2) is 0 Å². The summed E-state index contributed by atoms with van der Waals surface area (Å²) >= 11 is 0. The largest absolute Gasteiger partial charge is 0.469 e. The van der Waals surface area contributed by atoms with Crippen molar-refractivity contribution in [2.45, 2.75) is 38.8 Å². The Kier molecular flexibility index (Phi) is 5.25. The van der Waals surface area contributed by atoms with Crippen LogP contribution in [0.3, 0.4) is 0 Å². The van der Waals surface area contributed by atoms with Crippen molar-refractivity contribution in [3.63, 3.8) is 0 Å². The lowest BCUT2D eigenvalue weighted by Crippen LogP contribution is -2.50. The highest BCUT2D eigenvalue weighted by atomic mass is 16.5. The molecule has 0 spiro atoms. The van der Waals surface area contributed by atoms with Gasteiger partial charge in [0.05, 0.1) is 19.5 Å². The fourth-order valence-corrected chi connectivity index (χ4v) is 2.92. The highest BCUT2D eigenvalue weighted by molar-refractivity contribution is 5.75. The summed E-state index contributed by atoms with van der Waals surface area (Å²) in [5.74, 6) is 2.56. The molecule has 0 bridgehead atoms. The number of hydrogen-bond acceptors (Lipinski definition) is 4. The maximum absolute atomic E-state index is 12.7. The first-order valence-corrected chi connectivity index (χ1v) is 8.43. The molecule has 1 fully saturated rings. The van der Waals surface area contributed by atoms with Crippen LogP contribution in [0.5, 0.6) is 0 Å². The Hall–Kier alpha value is -2.21. The lowest BCUT2D eigenvalue weighted by Gasteiger charge is -2.35. The van der Waals surface area contributed by atoms with E-state index in [0.717, 1.165) is 23.7 Å². The van der Waals surface area contributed by atoms with Gasteiger partial charge in [-0.1, -0.05) is 6.92 Å². The van der Waals surface area contributed by atoms with Crippen LogP contribution in [0.4, 0.5) is 4.79 Å². The monoisotopic (exact) mass is 332 g/mol.